The van der Waals surface area contributed by atoms with Gasteiger partial charge in [0.1, 0.15) is 17.7 Å². The van der Waals surface area contributed by atoms with Crippen LogP contribution in [0.5, 0.6) is 0 Å². The number of hydrogen-bond acceptors (Lipinski definition) is 3. The fraction of sp³-hybridized carbons (Fsp3) is 0.273. The van der Waals surface area contributed by atoms with E-state index in [1.54, 1.807) is 0 Å². The molecular formula is C11H10BrF2NO3S. The zero-order chi connectivity index (χ0) is 14.4. The van der Waals surface area contributed by atoms with Crippen LogP contribution in [0.25, 0.3) is 0 Å². The molecule has 0 spiro atoms. The number of rotatable bonds is 7. The molecule has 0 fully saturated rings. The molecule has 1 amide bonds. The predicted molar refractivity (Wildman–Crippen MR) is 70.8 cm³/mol. The molecule has 2 N–H and O–H groups in total. The molecule has 0 radical (unpaired) electrons. The highest BCUT2D eigenvalue weighted by molar-refractivity contribution is 9.10. The Kier molecular flexibility index (Phi) is 6.23. The van der Waals surface area contributed by atoms with Crippen LogP contribution in [-0.4, -0.2) is 29.3 Å². The summed E-state index contributed by atoms with van der Waals surface area (Å²) < 4.78 is 27.1. The Hall–Kier alpha value is -1.15. The molecule has 1 aromatic rings. The van der Waals surface area contributed by atoms with Crippen molar-refractivity contribution in [1.82, 2.24) is 5.32 Å². The van der Waals surface area contributed by atoms with Gasteiger partial charge in [-0.2, -0.15) is 11.8 Å². The van der Waals surface area contributed by atoms with Gasteiger partial charge in [0.25, 0.3) is 0 Å². The van der Waals surface area contributed by atoms with Crippen molar-refractivity contribution in [3.8, 4) is 0 Å². The Balaban J connectivity index is 2.65. The summed E-state index contributed by atoms with van der Waals surface area (Å²) in [4.78, 5) is 20.9. The van der Waals surface area contributed by atoms with Crippen LogP contribution in [0.2, 0.25) is 0 Å². The van der Waals surface area contributed by atoms with Crippen LogP contribution in [0.15, 0.2) is 16.6 Å². The van der Waals surface area contributed by atoms with Crippen LogP contribution in [0.3, 0.4) is 0 Å². The number of hydrogen-bond donors (Lipinski definition) is 2. The van der Waals surface area contributed by atoms with Gasteiger partial charge in [-0.3, -0.25) is 4.79 Å². The summed E-state index contributed by atoms with van der Waals surface area (Å²) in [6.07, 6.45) is 0.277. The van der Waals surface area contributed by atoms with E-state index in [0.717, 1.165) is 17.8 Å². The first-order valence-electron chi connectivity index (χ1n) is 5.10. The number of nitrogens with one attached hydrogen (secondary N) is 1. The molecule has 104 valence electrons. The summed E-state index contributed by atoms with van der Waals surface area (Å²) in [6, 6.07) is 1.30. The maximum absolute atomic E-state index is 13.6. The lowest BCUT2D eigenvalue weighted by Gasteiger charge is -2.11. The van der Waals surface area contributed by atoms with Crippen LogP contribution >= 0.6 is 27.7 Å². The van der Waals surface area contributed by atoms with Gasteiger partial charge in [0.05, 0.1) is 4.47 Å². The Morgan fingerprint density at radius 3 is 2.79 bits per heavy atom. The maximum Gasteiger partial charge on any atom is 0.327 e. The molecule has 0 aliphatic carbocycles. The summed E-state index contributed by atoms with van der Waals surface area (Å²) in [6.45, 7) is 0. The predicted octanol–water partition coefficient (Wildman–Crippen LogP) is 2.16. The van der Waals surface area contributed by atoms with Gasteiger partial charge in [0.15, 0.2) is 0 Å². The molecule has 0 heterocycles. The number of halogens is 3. The van der Waals surface area contributed by atoms with Crippen molar-refractivity contribution in [3.63, 3.8) is 0 Å². The van der Waals surface area contributed by atoms with E-state index in [4.69, 9.17) is 5.11 Å². The van der Waals surface area contributed by atoms with Crippen LogP contribution in [0, 0.1) is 11.6 Å². The van der Waals surface area contributed by atoms with Crippen LogP contribution in [0.4, 0.5) is 8.78 Å². The number of carboxylic acids is 1. The average molecular weight is 354 g/mol. The van der Waals surface area contributed by atoms with Crippen LogP contribution in [0.1, 0.15) is 5.56 Å². The molecule has 4 nitrogen and oxygen atoms in total. The topological polar surface area (TPSA) is 66.4 Å². The highest BCUT2D eigenvalue weighted by Crippen LogP contribution is 2.25. The lowest BCUT2D eigenvalue weighted by Crippen LogP contribution is -2.37. The molecule has 0 aliphatic heterocycles. The SMILES string of the molecule is O=CNC(CSCc1c(F)ccc(Br)c1F)C(=O)O. The van der Waals surface area contributed by atoms with E-state index in [-0.39, 0.29) is 28.0 Å². The molecule has 8 heteroatoms. The molecule has 0 saturated heterocycles. The maximum atomic E-state index is 13.6. The molecule has 0 bridgehead atoms. The summed E-state index contributed by atoms with van der Waals surface area (Å²) in [5, 5.41) is 10.9. The highest BCUT2D eigenvalue weighted by Gasteiger charge is 2.18. The third kappa shape index (κ3) is 4.46. The van der Waals surface area contributed by atoms with E-state index in [9.17, 15) is 18.4 Å². The number of carbonyl (C=O) groups excluding carboxylic acids is 1. The Morgan fingerprint density at radius 1 is 1.53 bits per heavy atom. The van der Waals surface area contributed by atoms with E-state index < -0.39 is 23.6 Å². The molecule has 0 aliphatic rings. The van der Waals surface area contributed by atoms with Gasteiger partial charge in [0, 0.05) is 17.1 Å². The summed E-state index contributed by atoms with van der Waals surface area (Å²) in [5.41, 5.74) is -0.130. The zero-order valence-corrected chi connectivity index (χ0v) is 11.9. The van der Waals surface area contributed by atoms with Crippen molar-refractivity contribution in [2.75, 3.05) is 5.75 Å². The van der Waals surface area contributed by atoms with Gasteiger partial charge in [-0.15, -0.1) is 0 Å². The molecule has 0 saturated carbocycles. The Morgan fingerprint density at radius 2 is 2.21 bits per heavy atom. The fourth-order valence-electron chi connectivity index (χ4n) is 1.25. The first kappa shape index (κ1) is 15.9. The minimum atomic E-state index is -1.20. The largest absolute Gasteiger partial charge is 0.480 e. The van der Waals surface area contributed by atoms with Gasteiger partial charge >= 0.3 is 5.97 Å². The molecule has 0 aromatic heterocycles. The smallest absolute Gasteiger partial charge is 0.327 e. The number of thioether (sulfide) groups is 1. The number of carboxylic acid groups (broad SMARTS) is 1. The van der Waals surface area contributed by atoms with Crippen molar-refractivity contribution in [2.45, 2.75) is 11.8 Å². The van der Waals surface area contributed by atoms with E-state index >= 15 is 0 Å². The third-order valence-corrected chi connectivity index (χ3v) is 3.91. The first-order valence-corrected chi connectivity index (χ1v) is 7.04. The summed E-state index contributed by atoms with van der Waals surface area (Å²) in [7, 11) is 0. The Bertz CT molecular complexity index is 487. The van der Waals surface area contributed by atoms with Gasteiger partial charge in [-0.05, 0) is 28.1 Å². The van der Waals surface area contributed by atoms with Crippen LogP contribution < -0.4 is 5.32 Å². The normalized spacial score (nSPS) is 11.9. The summed E-state index contributed by atoms with van der Waals surface area (Å²) >= 11 is 3.96. The van der Waals surface area contributed by atoms with Gasteiger partial charge < -0.3 is 10.4 Å². The summed E-state index contributed by atoms with van der Waals surface area (Å²) in [5.74, 6) is -2.61. The van der Waals surface area contributed by atoms with Crippen molar-refractivity contribution in [3.05, 3.63) is 33.8 Å². The van der Waals surface area contributed by atoms with Crippen LogP contribution in [-0.2, 0) is 15.3 Å². The number of amides is 1. The Labute approximate surface area is 120 Å². The second kappa shape index (κ2) is 7.44. The van der Waals surface area contributed by atoms with Crippen molar-refractivity contribution < 1.29 is 23.5 Å². The number of benzene rings is 1. The lowest BCUT2D eigenvalue weighted by molar-refractivity contribution is -0.139. The minimum Gasteiger partial charge on any atom is -0.480 e. The highest BCUT2D eigenvalue weighted by atomic mass is 79.9. The number of aliphatic carboxylic acids is 1. The minimum absolute atomic E-state index is 0.0134. The number of carbonyl (C=O) groups is 2. The fourth-order valence-corrected chi connectivity index (χ4v) is 2.69. The second-order valence-electron chi connectivity index (χ2n) is 3.51. The standard InChI is InChI=1S/C11H10BrF2NO3S/c12-7-1-2-8(13)6(10(7)14)3-19-4-9(11(17)18)15-5-16/h1-2,5,9H,3-4H2,(H,15,16)(H,17,18). The second-order valence-corrected chi connectivity index (χ2v) is 5.40. The molecule has 1 aromatic carbocycles. The third-order valence-electron chi connectivity index (χ3n) is 2.24. The van der Waals surface area contributed by atoms with E-state index in [1.807, 2.05) is 0 Å². The van der Waals surface area contributed by atoms with Crippen molar-refractivity contribution in [1.29, 1.82) is 0 Å². The zero-order valence-electron chi connectivity index (χ0n) is 9.53. The van der Waals surface area contributed by atoms with Crippen molar-refractivity contribution in [2.24, 2.45) is 0 Å². The molecule has 19 heavy (non-hydrogen) atoms. The first-order chi connectivity index (χ1) is 8.97. The van der Waals surface area contributed by atoms with E-state index in [0.29, 0.717) is 0 Å². The van der Waals surface area contributed by atoms with Gasteiger partial charge in [-0.1, -0.05) is 0 Å². The molecular weight excluding hydrogens is 344 g/mol. The average Bonchev–Trinajstić information content (AvgIpc) is 2.36. The lowest BCUT2D eigenvalue weighted by atomic mass is 10.2. The van der Waals surface area contributed by atoms with E-state index in [2.05, 4.69) is 21.2 Å². The quantitative estimate of drug-likeness (QED) is 0.582. The molecule has 1 atom stereocenters. The van der Waals surface area contributed by atoms with Gasteiger partial charge in [-0.25, -0.2) is 13.6 Å². The van der Waals surface area contributed by atoms with Gasteiger partial charge in [0.2, 0.25) is 6.41 Å². The monoisotopic (exact) mass is 353 g/mol. The molecule has 1 rings (SSSR count). The van der Waals surface area contributed by atoms with E-state index in [1.165, 1.54) is 6.07 Å². The van der Waals surface area contributed by atoms with Crippen molar-refractivity contribution >= 4 is 40.1 Å². The molecule has 1 unspecified atom stereocenters.